The van der Waals surface area contributed by atoms with Crippen molar-refractivity contribution in [2.75, 3.05) is 0 Å². The van der Waals surface area contributed by atoms with Crippen molar-refractivity contribution in [2.24, 2.45) is 0 Å². The minimum Gasteiger partial charge on any atom is -0.466 e. The molecule has 0 saturated carbocycles. The molecule has 28 heavy (non-hydrogen) atoms. The average molecular weight is 374 g/mol. The van der Waals surface area contributed by atoms with Gasteiger partial charge in [-0.1, -0.05) is 36.4 Å². The number of aryl methyl sites for hydroxylation is 4. The number of benzene rings is 1. The SMILES string of the molecule is Cc1cc(C(=O)/C=C/c2ccc(/C=C/C(=O)c3cc(C)oc3C)cc2)c(C)o1. The molecule has 0 aliphatic heterocycles. The van der Waals surface area contributed by atoms with Gasteiger partial charge in [0.1, 0.15) is 23.0 Å². The lowest BCUT2D eigenvalue weighted by molar-refractivity contribution is 0.103. The molecule has 0 bridgehead atoms. The van der Waals surface area contributed by atoms with Crippen LogP contribution in [0.4, 0.5) is 0 Å². The van der Waals surface area contributed by atoms with Gasteiger partial charge in [0.25, 0.3) is 0 Å². The minimum absolute atomic E-state index is 0.0882. The van der Waals surface area contributed by atoms with E-state index in [4.69, 9.17) is 8.83 Å². The molecule has 0 fully saturated rings. The van der Waals surface area contributed by atoms with Crippen LogP contribution in [0.3, 0.4) is 0 Å². The fourth-order valence-corrected chi connectivity index (χ4v) is 2.99. The van der Waals surface area contributed by atoms with Crippen molar-refractivity contribution in [3.63, 3.8) is 0 Å². The molecule has 0 amide bonds. The maximum absolute atomic E-state index is 12.3. The van der Waals surface area contributed by atoms with Gasteiger partial charge in [-0.2, -0.15) is 0 Å². The number of carbonyl (C=O) groups excluding carboxylic acids is 2. The van der Waals surface area contributed by atoms with E-state index in [1.807, 2.05) is 38.1 Å². The zero-order chi connectivity index (χ0) is 20.3. The first-order valence-electron chi connectivity index (χ1n) is 9.02. The summed E-state index contributed by atoms with van der Waals surface area (Å²) < 4.78 is 10.8. The number of rotatable bonds is 6. The molecule has 0 aliphatic rings. The average Bonchev–Trinajstić information content (AvgIpc) is 3.18. The Labute approximate surface area is 164 Å². The van der Waals surface area contributed by atoms with Gasteiger partial charge in [0.15, 0.2) is 11.6 Å². The quantitative estimate of drug-likeness (QED) is 0.398. The van der Waals surface area contributed by atoms with Crippen LogP contribution in [0, 0.1) is 27.7 Å². The second-order valence-electron chi connectivity index (χ2n) is 6.72. The zero-order valence-electron chi connectivity index (χ0n) is 16.4. The van der Waals surface area contributed by atoms with Crippen molar-refractivity contribution in [3.8, 4) is 0 Å². The molecule has 0 unspecified atom stereocenters. The zero-order valence-corrected chi connectivity index (χ0v) is 16.4. The Morgan fingerprint density at radius 3 is 1.32 bits per heavy atom. The second-order valence-corrected chi connectivity index (χ2v) is 6.72. The lowest BCUT2D eigenvalue weighted by atomic mass is 10.1. The van der Waals surface area contributed by atoms with E-state index in [0.29, 0.717) is 22.6 Å². The fourth-order valence-electron chi connectivity index (χ4n) is 2.99. The van der Waals surface area contributed by atoms with E-state index in [1.54, 1.807) is 38.1 Å². The molecule has 1 aromatic carbocycles. The van der Waals surface area contributed by atoms with Gasteiger partial charge in [0.05, 0.1) is 11.1 Å². The highest BCUT2D eigenvalue weighted by Gasteiger charge is 2.11. The van der Waals surface area contributed by atoms with E-state index in [-0.39, 0.29) is 11.6 Å². The molecule has 2 aromatic heterocycles. The Balaban J connectivity index is 1.66. The van der Waals surface area contributed by atoms with Crippen LogP contribution in [0.5, 0.6) is 0 Å². The lowest BCUT2D eigenvalue weighted by Gasteiger charge is -1.97. The molecule has 4 heteroatoms. The summed E-state index contributed by atoms with van der Waals surface area (Å²) in [4.78, 5) is 24.5. The smallest absolute Gasteiger partial charge is 0.189 e. The summed E-state index contributed by atoms with van der Waals surface area (Å²) >= 11 is 0. The third-order valence-corrected chi connectivity index (χ3v) is 4.40. The summed E-state index contributed by atoms with van der Waals surface area (Å²) in [6.45, 7) is 7.20. The second kappa shape index (κ2) is 8.09. The van der Waals surface area contributed by atoms with Crippen molar-refractivity contribution < 1.29 is 18.4 Å². The molecule has 0 atom stereocenters. The van der Waals surface area contributed by atoms with E-state index in [2.05, 4.69) is 0 Å². The number of carbonyl (C=O) groups is 2. The normalized spacial score (nSPS) is 11.6. The summed E-state index contributed by atoms with van der Waals surface area (Å²) in [5.74, 6) is 2.52. The number of hydrogen-bond acceptors (Lipinski definition) is 4. The standard InChI is InChI=1S/C24H22O4/c1-15-13-21(17(3)27-15)23(25)11-9-19-5-7-20(8-6-19)10-12-24(26)22-14-16(2)28-18(22)4/h5-14H,1-4H3/b11-9+,12-10+. The first-order chi connectivity index (χ1) is 13.3. The monoisotopic (exact) mass is 374 g/mol. The molecule has 0 N–H and O–H groups in total. The highest BCUT2D eigenvalue weighted by atomic mass is 16.3. The van der Waals surface area contributed by atoms with Gasteiger partial charge in [-0.25, -0.2) is 0 Å². The van der Waals surface area contributed by atoms with Crippen LogP contribution in [0.25, 0.3) is 12.2 Å². The Hall–Kier alpha value is -3.40. The van der Waals surface area contributed by atoms with Gasteiger partial charge in [0, 0.05) is 0 Å². The third-order valence-electron chi connectivity index (χ3n) is 4.40. The molecule has 0 saturated heterocycles. The van der Waals surface area contributed by atoms with Crippen molar-refractivity contribution in [1.29, 1.82) is 0 Å². The number of hydrogen-bond donors (Lipinski definition) is 0. The summed E-state index contributed by atoms with van der Waals surface area (Å²) in [7, 11) is 0. The Morgan fingerprint density at radius 1 is 0.679 bits per heavy atom. The number of ketones is 2. The van der Waals surface area contributed by atoms with Crippen LogP contribution >= 0.6 is 0 Å². The van der Waals surface area contributed by atoms with Gasteiger partial charge in [-0.05, 0) is 63.1 Å². The van der Waals surface area contributed by atoms with E-state index in [0.717, 1.165) is 22.6 Å². The molecular formula is C24H22O4. The largest absolute Gasteiger partial charge is 0.466 e. The van der Waals surface area contributed by atoms with E-state index in [1.165, 1.54) is 12.2 Å². The van der Waals surface area contributed by atoms with Gasteiger partial charge >= 0.3 is 0 Å². The molecule has 3 aromatic rings. The molecule has 3 rings (SSSR count). The van der Waals surface area contributed by atoms with Crippen molar-refractivity contribution in [2.45, 2.75) is 27.7 Å². The van der Waals surface area contributed by atoms with Crippen LogP contribution in [0.2, 0.25) is 0 Å². The summed E-state index contributed by atoms with van der Waals surface area (Å²) in [6.07, 6.45) is 6.60. The highest BCUT2D eigenvalue weighted by molar-refractivity contribution is 6.08. The van der Waals surface area contributed by atoms with E-state index < -0.39 is 0 Å². The first kappa shape index (κ1) is 19.4. The Bertz CT molecular complexity index is 985. The van der Waals surface area contributed by atoms with Gasteiger partial charge in [0.2, 0.25) is 0 Å². The van der Waals surface area contributed by atoms with E-state index in [9.17, 15) is 9.59 Å². The maximum Gasteiger partial charge on any atom is 0.189 e. The van der Waals surface area contributed by atoms with Gasteiger partial charge in [-0.3, -0.25) is 9.59 Å². The van der Waals surface area contributed by atoms with Crippen LogP contribution in [0.15, 0.2) is 57.4 Å². The molecule has 0 spiro atoms. The Morgan fingerprint density at radius 2 is 1.04 bits per heavy atom. The van der Waals surface area contributed by atoms with Crippen molar-refractivity contribution in [1.82, 2.24) is 0 Å². The number of furan rings is 2. The van der Waals surface area contributed by atoms with Gasteiger partial charge < -0.3 is 8.83 Å². The fraction of sp³-hybridized carbons (Fsp3) is 0.167. The van der Waals surface area contributed by atoms with Crippen LogP contribution in [-0.4, -0.2) is 11.6 Å². The van der Waals surface area contributed by atoms with E-state index >= 15 is 0 Å². The molecular weight excluding hydrogens is 352 g/mol. The van der Waals surface area contributed by atoms with Crippen molar-refractivity contribution in [3.05, 3.63) is 93.8 Å². The predicted molar refractivity (Wildman–Crippen MR) is 110 cm³/mol. The molecule has 2 heterocycles. The van der Waals surface area contributed by atoms with Crippen LogP contribution in [-0.2, 0) is 0 Å². The minimum atomic E-state index is -0.0882. The van der Waals surface area contributed by atoms with Crippen LogP contribution < -0.4 is 0 Å². The lowest BCUT2D eigenvalue weighted by Crippen LogP contribution is -1.94. The number of allylic oxidation sites excluding steroid dienone is 2. The molecule has 142 valence electrons. The summed E-state index contributed by atoms with van der Waals surface area (Å²) in [5.41, 5.74) is 2.96. The van der Waals surface area contributed by atoms with Gasteiger partial charge in [-0.15, -0.1) is 0 Å². The third kappa shape index (κ3) is 4.46. The molecule has 4 nitrogen and oxygen atoms in total. The van der Waals surface area contributed by atoms with Crippen molar-refractivity contribution >= 4 is 23.7 Å². The molecule has 0 radical (unpaired) electrons. The highest BCUT2D eigenvalue weighted by Crippen LogP contribution is 2.17. The summed E-state index contributed by atoms with van der Waals surface area (Å²) in [5, 5.41) is 0. The topological polar surface area (TPSA) is 60.4 Å². The first-order valence-corrected chi connectivity index (χ1v) is 9.02. The van der Waals surface area contributed by atoms with Crippen LogP contribution in [0.1, 0.15) is 54.9 Å². The maximum atomic E-state index is 12.3. The Kier molecular flexibility index (Phi) is 5.59. The molecule has 0 aliphatic carbocycles. The summed E-state index contributed by atoms with van der Waals surface area (Å²) in [6, 6.07) is 11.1. The predicted octanol–water partition coefficient (Wildman–Crippen LogP) is 5.90.